The van der Waals surface area contributed by atoms with E-state index in [0.717, 1.165) is 5.56 Å². The van der Waals surface area contributed by atoms with Gasteiger partial charge >= 0.3 is 6.36 Å². The van der Waals surface area contributed by atoms with Crippen LogP contribution in [0.2, 0.25) is 5.02 Å². The summed E-state index contributed by atoms with van der Waals surface area (Å²) < 4.78 is 52.1. The number of carbonyl (C=O) groups is 1. The molecule has 1 saturated heterocycles. The maximum absolute atomic E-state index is 12.5. The number of hydrogen-bond donors (Lipinski definition) is 1. The Hall–Kier alpha value is -2.65. The first-order valence-electron chi connectivity index (χ1n) is 10.2. The van der Waals surface area contributed by atoms with Crippen molar-refractivity contribution in [2.75, 3.05) is 13.3 Å². The monoisotopic (exact) mass is 470 g/mol. The van der Waals surface area contributed by atoms with Crippen molar-refractivity contribution >= 4 is 17.5 Å². The van der Waals surface area contributed by atoms with Crippen molar-refractivity contribution < 1.29 is 32.2 Å². The van der Waals surface area contributed by atoms with Crippen molar-refractivity contribution in [1.82, 2.24) is 10.2 Å². The third-order valence-corrected chi connectivity index (χ3v) is 5.80. The van der Waals surface area contributed by atoms with Crippen LogP contribution >= 0.6 is 11.6 Å². The highest BCUT2D eigenvalue weighted by Gasteiger charge is 2.32. The molecule has 32 heavy (non-hydrogen) atoms. The number of alkyl halides is 3. The summed E-state index contributed by atoms with van der Waals surface area (Å²) in [5.74, 6) is 0.996. The summed E-state index contributed by atoms with van der Waals surface area (Å²) >= 11 is 6.29. The van der Waals surface area contributed by atoms with Crippen molar-refractivity contribution in [3.63, 3.8) is 0 Å². The first-order valence-corrected chi connectivity index (χ1v) is 10.6. The van der Waals surface area contributed by atoms with Gasteiger partial charge in [-0.1, -0.05) is 23.7 Å². The lowest BCUT2D eigenvalue weighted by atomic mass is 10.1. The van der Waals surface area contributed by atoms with E-state index < -0.39 is 6.36 Å². The molecule has 2 heterocycles. The lowest BCUT2D eigenvalue weighted by Gasteiger charge is -2.25. The summed E-state index contributed by atoms with van der Waals surface area (Å²) in [4.78, 5) is 14.1. The molecule has 0 spiro atoms. The molecular formula is C22H22ClF3N2O4. The molecule has 1 amide bonds. The highest BCUT2D eigenvalue weighted by atomic mass is 35.5. The first kappa shape index (κ1) is 22.5. The molecule has 172 valence electrons. The van der Waals surface area contributed by atoms with Crippen LogP contribution in [0.5, 0.6) is 17.2 Å². The fourth-order valence-electron chi connectivity index (χ4n) is 3.93. The van der Waals surface area contributed by atoms with Gasteiger partial charge in [-0.2, -0.15) is 0 Å². The van der Waals surface area contributed by atoms with Gasteiger partial charge in [0.15, 0.2) is 11.5 Å². The predicted octanol–water partition coefficient (Wildman–Crippen LogP) is 4.64. The van der Waals surface area contributed by atoms with Gasteiger partial charge in [-0.15, -0.1) is 13.2 Å². The van der Waals surface area contributed by atoms with Crippen LogP contribution in [0.15, 0.2) is 36.4 Å². The molecule has 4 rings (SSSR count). The van der Waals surface area contributed by atoms with Crippen LogP contribution in [0, 0.1) is 0 Å². The van der Waals surface area contributed by atoms with E-state index in [1.54, 1.807) is 17.0 Å². The number of fused-ring (bicyclic) bond motifs is 1. The maximum Gasteiger partial charge on any atom is 0.573 e. The molecule has 0 saturated carbocycles. The van der Waals surface area contributed by atoms with Gasteiger partial charge in [-0.3, -0.25) is 4.79 Å². The van der Waals surface area contributed by atoms with Crippen LogP contribution in [0.25, 0.3) is 0 Å². The molecule has 2 aliphatic heterocycles. The van der Waals surface area contributed by atoms with Gasteiger partial charge in [0.05, 0.1) is 0 Å². The molecule has 2 aromatic rings. The van der Waals surface area contributed by atoms with Gasteiger partial charge in [0, 0.05) is 36.6 Å². The average molecular weight is 471 g/mol. The number of nitrogens with one attached hydrogen (secondary N) is 1. The Morgan fingerprint density at radius 1 is 1.19 bits per heavy atom. The smallest absolute Gasteiger partial charge is 0.454 e. The molecule has 2 aromatic carbocycles. The van der Waals surface area contributed by atoms with Gasteiger partial charge in [0.2, 0.25) is 12.7 Å². The Morgan fingerprint density at radius 3 is 2.75 bits per heavy atom. The topological polar surface area (TPSA) is 60.0 Å². The highest BCUT2D eigenvalue weighted by Crippen LogP contribution is 2.36. The minimum Gasteiger partial charge on any atom is -0.454 e. The summed E-state index contributed by atoms with van der Waals surface area (Å²) in [5, 5.41) is 3.91. The summed E-state index contributed by atoms with van der Waals surface area (Å²) in [5.41, 5.74) is 1.48. The SMILES string of the molecule is O=C1CC[C@H](CCNCc2cc3c(cc2Cl)OCO3)N1Cc1cccc(OC(F)(F)F)c1. The summed E-state index contributed by atoms with van der Waals surface area (Å²) in [6, 6.07) is 9.32. The fourth-order valence-corrected chi connectivity index (χ4v) is 4.16. The van der Waals surface area contributed by atoms with Gasteiger partial charge < -0.3 is 24.4 Å². The molecule has 0 aliphatic carbocycles. The number of nitrogens with zero attached hydrogens (tertiary/aromatic N) is 1. The fraction of sp³-hybridized carbons (Fsp3) is 0.409. The quantitative estimate of drug-likeness (QED) is 0.570. The second kappa shape index (κ2) is 9.46. The first-order chi connectivity index (χ1) is 15.3. The molecular weight excluding hydrogens is 449 g/mol. The van der Waals surface area contributed by atoms with E-state index in [2.05, 4.69) is 10.1 Å². The van der Waals surface area contributed by atoms with E-state index in [1.165, 1.54) is 18.2 Å². The lowest BCUT2D eigenvalue weighted by Crippen LogP contribution is -2.34. The molecule has 0 aromatic heterocycles. The van der Waals surface area contributed by atoms with Crippen LogP contribution in [-0.2, 0) is 17.9 Å². The van der Waals surface area contributed by atoms with Crippen LogP contribution in [0.4, 0.5) is 13.2 Å². The van der Waals surface area contributed by atoms with Crippen molar-refractivity contribution in [3.05, 3.63) is 52.5 Å². The van der Waals surface area contributed by atoms with Gasteiger partial charge in [-0.05, 0) is 48.7 Å². The lowest BCUT2D eigenvalue weighted by molar-refractivity contribution is -0.274. The van der Waals surface area contributed by atoms with Crippen LogP contribution in [-0.4, -0.2) is 36.5 Å². The number of benzene rings is 2. The van der Waals surface area contributed by atoms with E-state index in [4.69, 9.17) is 21.1 Å². The van der Waals surface area contributed by atoms with Gasteiger partial charge in [-0.25, -0.2) is 0 Å². The summed E-state index contributed by atoms with van der Waals surface area (Å²) in [6.07, 6.45) is -2.90. The zero-order valence-electron chi connectivity index (χ0n) is 17.1. The van der Waals surface area contributed by atoms with E-state index in [1.807, 2.05) is 6.07 Å². The third-order valence-electron chi connectivity index (χ3n) is 5.45. The Bertz CT molecular complexity index is 986. The standard InChI is InChI=1S/C22H22ClF3N2O4/c23-18-10-20-19(30-13-31-20)9-15(18)11-27-7-6-16-4-5-21(29)28(16)12-14-2-1-3-17(8-14)32-22(24,25)26/h1-3,8-10,16,27H,4-7,11-13H2/t16-/m1/s1. The second-order valence-corrected chi connectivity index (χ2v) is 8.08. The second-order valence-electron chi connectivity index (χ2n) is 7.67. The van der Waals surface area contributed by atoms with Crippen molar-refractivity contribution in [2.45, 2.75) is 44.8 Å². The summed E-state index contributed by atoms with van der Waals surface area (Å²) in [6.45, 7) is 1.61. The minimum absolute atomic E-state index is 0.00374. The number of ether oxygens (including phenoxy) is 3. The number of hydrogen-bond acceptors (Lipinski definition) is 5. The number of likely N-dealkylation sites (tertiary alicyclic amines) is 1. The van der Waals surface area contributed by atoms with E-state index in [0.29, 0.717) is 54.4 Å². The van der Waals surface area contributed by atoms with Gasteiger partial charge in [0.1, 0.15) is 5.75 Å². The van der Waals surface area contributed by atoms with Crippen LogP contribution in [0.1, 0.15) is 30.4 Å². The summed E-state index contributed by atoms with van der Waals surface area (Å²) in [7, 11) is 0. The molecule has 0 radical (unpaired) electrons. The van der Waals surface area contributed by atoms with E-state index in [9.17, 15) is 18.0 Å². The Kier molecular flexibility index (Phi) is 6.66. The molecule has 6 nitrogen and oxygen atoms in total. The number of amides is 1. The Labute approximate surface area is 188 Å². The van der Waals surface area contributed by atoms with E-state index >= 15 is 0 Å². The molecule has 0 unspecified atom stereocenters. The molecule has 1 fully saturated rings. The predicted molar refractivity (Wildman–Crippen MR) is 111 cm³/mol. The highest BCUT2D eigenvalue weighted by molar-refractivity contribution is 6.31. The van der Waals surface area contributed by atoms with Crippen molar-refractivity contribution in [2.24, 2.45) is 0 Å². The Morgan fingerprint density at radius 2 is 1.97 bits per heavy atom. The molecule has 1 atom stereocenters. The van der Waals surface area contributed by atoms with Crippen LogP contribution < -0.4 is 19.5 Å². The largest absolute Gasteiger partial charge is 0.573 e. The number of halogens is 4. The minimum atomic E-state index is -4.75. The van der Waals surface area contributed by atoms with E-state index in [-0.39, 0.29) is 31.0 Å². The number of rotatable bonds is 8. The van der Waals surface area contributed by atoms with Gasteiger partial charge in [0.25, 0.3) is 0 Å². The normalized spacial score (nSPS) is 17.8. The molecule has 2 aliphatic rings. The molecule has 0 bridgehead atoms. The number of carbonyl (C=O) groups excluding carboxylic acids is 1. The zero-order chi connectivity index (χ0) is 22.7. The zero-order valence-corrected chi connectivity index (χ0v) is 17.8. The van der Waals surface area contributed by atoms with Crippen molar-refractivity contribution in [3.8, 4) is 17.2 Å². The van der Waals surface area contributed by atoms with Crippen LogP contribution in [0.3, 0.4) is 0 Å². The molecule has 10 heteroatoms. The van der Waals surface area contributed by atoms with Crippen molar-refractivity contribution in [1.29, 1.82) is 0 Å². The maximum atomic E-state index is 12.5. The average Bonchev–Trinajstić information content (AvgIpc) is 3.31. The molecule has 1 N–H and O–H groups in total. The third kappa shape index (κ3) is 5.58. The Balaban J connectivity index is 1.30.